The number of hydrogen-bond donors (Lipinski definition) is 1. The van der Waals surface area contributed by atoms with Crippen LogP contribution in [0.1, 0.15) is 386 Å². The summed E-state index contributed by atoms with van der Waals surface area (Å²) in [6.45, 7) is 4.36. The molecule has 0 amide bonds. The maximum atomic E-state index is 12.9. The fourth-order valence-electron chi connectivity index (χ4n) is 12.1. The Morgan fingerprint density at radius 2 is 0.570 bits per heavy atom. The van der Waals surface area contributed by atoms with Gasteiger partial charge in [0.05, 0.1) is 27.7 Å². The molecule has 0 saturated carbocycles. The summed E-state index contributed by atoms with van der Waals surface area (Å²) >= 11 is 0. The van der Waals surface area contributed by atoms with Crippen LogP contribution < -0.4 is 0 Å². The quantitative estimate of drug-likeness (QED) is 0.0211. The van der Waals surface area contributed by atoms with Gasteiger partial charge in [-0.25, -0.2) is 4.57 Å². The number of carbonyl (C=O) groups excluding carboxylic acids is 2. The third-order valence-corrected chi connectivity index (χ3v) is 19.5. The van der Waals surface area contributed by atoms with E-state index in [1.54, 1.807) is 0 Å². The third-order valence-electron chi connectivity index (χ3n) is 18.5. The summed E-state index contributed by atoms with van der Waals surface area (Å²) in [5, 5.41) is 0. The molecule has 0 saturated heterocycles. The van der Waals surface area contributed by atoms with Crippen molar-refractivity contribution in [2.75, 3.05) is 47.5 Å². The molecule has 1 N–H and O–H groups in total. The number of rotatable bonds is 78. The predicted molar refractivity (Wildman–Crippen MR) is 436 cm³/mol. The molecule has 0 spiro atoms. The van der Waals surface area contributed by atoms with Crippen LogP contribution in [0.25, 0.3) is 0 Å². The van der Waals surface area contributed by atoms with Crippen LogP contribution in [0.15, 0.2) is 122 Å². The Bertz CT molecular complexity index is 2110. The number of unbranched alkanes of at least 4 members (excludes halogenated alkanes) is 44. The third kappa shape index (κ3) is 83.4. The van der Waals surface area contributed by atoms with Crippen LogP contribution in [0.3, 0.4) is 0 Å². The van der Waals surface area contributed by atoms with E-state index in [-0.39, 0.29) is 25.6 Å². The van der Waals surface area contributed by atoms with Crippen molar-refractivity contribution < 1.29 is 42.1 Å². The molecule has 0 aromatic carbocycles. The summed E-state index contributed by atoms with van der Waals surface area (Å²) in [6, 6.07) is 0. The highest BCUT2D eigenvalue weighted by Gasteiger charge is 2.27. The number of carbonyl (C=O) groups is 2. The molecule has 2 atom stereocenters. The van der Waals surface area contributed by atoms with Gasteiger partial charge in [-0.15, -0.1) is 0 Å². The highest BCUT2D eigenvalue weighted by molar-refractivity contribution is 7.47. The number of esters is 2. The van der Waals surface area contributed by atoms with Gasteiger partial charge in [0, 0.05) is 12.8 Å². The molecule has 0 aliphatic carbocycles. The number of quaternary nitrogens is 1. The Morgan fingerprint density at radius 3 is 0.850 bits per heavy atom. The highest BCUT2D eigenvalue weighted by atomic mass is 31.2. The largest absolute Gasteiger partial charge is 0.472 e. The number of likely N-dealkylation sites (N-methyl/N-ethyl adjacent to an activating group) is 1. The Hall–Kier alpha value is -3.59. The molecular formula is C90H161NO8P+. The number of hydrogen-bond acceptors (Lipinski definition) is 7. The molecule has 0 bridgehead atoms. The fourth-order valence-corrected chi connectivity index (χ4v) is 12.8. The van der Waals surface area contributed by atoms with Crippen molar-refractivity contribution in [1.82, 2.24) is 0 Å². The minimum atomic E-state index is -4.40. The van der Waals surface area contributed by atoms with Gasteiger partial charge < -0.3 is 18.9 Å². The first kappa shape index (κ1) is 96.4. The lowest BCUT2D eigenvalue weighted by Crippen LogP contribution is -2.37. The van der Waals surface area contributed by atoms with E-state index in [0.717, 1.165) is 89.9 Å². The van der Waals surface area contributed by atoms with Gasteiger partial charge in [0.25, 0.3) is 0 Å². The zero-order valence-electron chi connectivity index (χ0n) is 66.2. The van der Waals surface area contributed by atoms with Crippen molar-refractivity contribution in [2.24, 2.45) is 0 Å². The average Bonchev–Trinajstić information content (AvgIpc) is 1.30. The topological polar surface area (TPSA) is 108 Å². The minimum absolute atomic E-state index is 0.0304. The van der Waals surface area contributed by atoms with Crippen LogP contribution >= 0.6 is 7.82 Å². The van der Waals surface area contributed by atoms with Gasteiger partial charge in [-0.05, 0) is 109 Å². The lowest BCUT2D eigenvalue weighted by atomic mass is 10.0. The first-order valence-electron chi connectivity index (χ1n) is 42.3. The SMILES string of the molecule is CC/C=C\C/C=C\C/C=C\C/C=C\C/C=C\C/C=C\C/C=C\C/C=C\CCCCCCCCCCCCCCCCCCC(=O)OC(COC(=O)CCCCCCCCCCCCCCCCCCCCCCCCC/C=C\C/C=C\CCCCCCC)COP(=O)(O)OCC[N+](C)(C)C. The molecule has 0 radical (unpaired) electrons. The van der Waals surface area contributed by atoms with E-state index in [9.17, 15) is 19.0 Å². The van der Waals surface area contributed by atoms with Crippen molar-refractivity contribution in [3.63, 3.8) is 0 Å². The van der Waals surface area contributed by atoms with Crippen molar-refractivity contribution in [2.45, 2.75) is 392 Å². The van der Waals surface area contributed by atoms with Crippen LogP contribution in [0.5, 0.6) is 0 Å². The van der Waals surface area contributed by atoms with Gasteiger partial charge in [0.2, 0.25) is 0 Å². The number of phosphoric acid groups is 1. The molecule has 9 nitrogen and oxygen atoms in total. The van der Waals surface area contributed by atoms with E-state index in [0.29, 0.717) is 23.9 Å². The van der Waals surface area contributed by atoms with Gasteiger partial charge in [-0.1, -0.05) is 386 Å². The summed E-state index contributed by atoms with van der Waals surface area (Å²) < 4.78 is 34.9. The molecule has 0 aliphatic rings. The van der Waals surface area contributed by atoms with Crippen molar-refractivity contribution >= 4 is 19.8 Å². The monoisotopic (exact) mass is 1420 g/mol. The van der Waals surface area contributed by atoms with Gasteiger partial charge in [0.15, 0.2) is 6.10 Å². The molecule has 100 heavy (non-hydrogen) atoms. The van der Waals surface area contributed by atoms with Gasteiger partial charge in [0.1, 0.15) is 19.8 Å². The first-order valence-corrected chi connectivity index (χ1v) is 43.8. The zero-order chi connectivity index (χ0) is 72.5. The van der Waals surface area contributed by atoms with E-state index in [1.807, 2.05) is 21.1 Å². The van der Waals surface area contributed by atoms with E-state index in [2.05, 4.69) is 135 Å². The summed E-state index contributed by atoms with van der Waals surface area (Å²) in [5.41, 5.74) is 0. The minimum Gasteiger partial charge on any atom is -0.462 e. The molecule has 0 aliphatic heterocycles. The van der Waals surface area contributed by atoms with Crippen LogP contribution in [0.4, 0.5) is 0 Å². The van der Waals surface area contributed by atoms with E-state index < -0.39 is 26.5 Å². The number of phosphoric ester groups is 1. The van der Waals surface area contributed by atoms with Crippen molar-refractivity contribution in [1.29, 1.82) is 0 Å². The normalized spacial score (nSPS) is 13.6. The van der Waals surface area contributed by atoms with Crippen molar-refractivity contribution in [3.05, 3.63) is 122 Å². The molecule has 0 rings (SSSR count). The molecule has 0 heterocycles. The van der Waals surface area contributed by atoms with Crippen LogP contribution in [0.2, 0.25) is 0 Å². The Morgan fingerprint density at radius 1 is 0.320 bits per heavy atom. The van der Waals surface area contributed by atoms with Gasteiger partial charge in [-0.3, -0.25) is 18.6 Å². The van der Waals surface area contributed by atoms with E-state index >= 15 is 0 Å². The van der Waals surface area contributed by atoms with E-state index in [4.69, 9.17) is 18.5 Å². The maximum Gasteiger partial charge on any atom is 0.472 e. The zero-order valence-corrected chi connectivity index (χ0v) is 67.1. The highest BCUT2D eigenvalue weighted by Crippen LogP contribution is 2.43. The Kier molecular flexibility index (Phi) is 76.7. The second-order valence-electron chi connectivity index (χ2n) is 29.5. The lowest BCUT2D eigenvalue weighted by Gasteiger charge is -2.24. The average molecular weight is 1420 g/mol. The summed E-state index contributed by atoms with van der Waals surface area (Å²) in [5.74, 6) is -0.782. The van der Waals surface area contributed by atoms with Crippen LogP contribution in [0, 0.1) is 0 Å². The smallest absolute Gasteiger partial charge is 0.462 e. The molecule has 0 aromatic heterocycles. The molecular weight excluding hydrogens is 1250 g/mol. The fraction of sp³-hybridized carbons (Fsp3) is 0.756. The molecule has 578 valence electrons. The number of nitrogens with zero attached hydrogens (tertiary/aromatic N) is 1. The molecule has 10 heteroatoms. The second-order valence-corrected chi connectivity index (χ2v) is 30.9. The number of ether oxygens (including phenoxy) is 2. The van der Waals surface area contributed by atoms with Gasteiger partial charge >= 0.3 is 19.8 Å². The summed E-state index contributed by atoms with van der Waals surface area (Å²) in [7, 11) is 1.49. The Labute approximate surface area is 619 Å². The lowest BCUT2D eigenvalue weighted by molar-refractivity contribution is -0.870. The van der Waals surface area contributed by atoms with Crippen LogP contribution in [-0.4, -0.2) is 74.9 Å². The van der Waals surface area contributed by atoms with Gasteiger partial charge in [-0.2, -0.15) is 0 Å². The number of allylic oxidation sites excluding steroid dienone is 20. The molecule has 0 fully saturated rings. The predicted octanol–water partition coefficient (Wildman–Crippen LogP) is 28.5. The first-order chi connectivity index (χ1) is 49.0. The standard InChI is InChI=1S/C90H160NO8P/c1-6-8-10-12-14-16-18-20-22-24-26-28-30-32-34-36-38-40-42-43-44-45-46-47-49-51-53-55-57-59-61-63-65-67-69-71-73-75-77-79-81-83-90(93)99-88(87-98-100(94,95)97-85-84-91(3,4)5)86-96-89(92)82-80-78-76-74-72-70-68-66-64-62-60-58-56-54-52-50-48-41-39-37-35-33-31-29-27-25-23-21-19-17-15-13-11-9-7-2/h8,10,14,16,19-22,25-28,32,34,38,40,43-44,46-47,88H,6-7,9,11-13,15,17-18,23-24,29-31,33,35-37,39,41-42,45,48-87H2,1-5H3/p+1/b10-8-,16-14-,21-19-,22-20-,27-25-,28-26-,34-32-,40-38-,44-43-,47-46-. The summed E-state index contributed by atoms with van der Waals surface area (Å²) in [4.78, 5) is 36.0. The maximum absolute atomic E-state index is 12.9. The van der Waals surface area contributed by atoms with E-state index in [1.165, 1.54) is 263 Å². The molecule has 0 aromatic rings. The van der Waals surface area contributed by atoms with Crippen LogP contribution in [-0.2, 0) is 32.7 Å². The second kappa shape index (κ2) is 79.5. The summed E-state index contributed by atoms with van der Waals surface area (Å²) in [6.07, 6.45) is 115. The van der Waals surface area contributed by atoms with Crippen molar-refractivity contribution in [3.8, 4) is 0 Å². The Balaban J connectivity index is 3.94. The molecule has 2 unspecified atom stereocenters.